The molecule has 6 rings (SSSR count). The first-order valence-electron chi connectivity index (χ1n) is 10.9. The van der Waals surface area contributed by atoms with Crippen LogP contribution in [-0.2, 0) is 4.79 Å². The van der Waals surface area contributed by atoms with Crippen molar-refractivity contribution in [1.29, 1.82) is 0 Å². The average Bonchev–Trinajstić information content (AvgIpc) is 3.02. The smallest absolute Gasteiger partial charge is 0.306 e. The molecule has 3 aromatic rings. The maximum atomic E-state index is 12.9. The number of aliphatic carboxylic acids is 1. The minimum atomic E-state index is -0.658. The van der Waals surface area contributed by atoms with Crippen molar-refractivity contribution in [3.05, 3.63) is 41.3 Å². The highest BCUT2D eigenvalue weighted by atomic mass is 16.4. The topological polar surface area (TPSA) is 140 Å². The van der Waals surface area contributed by atoms with E-state index in [1.165, 1.54) is 17.2 Å². The second-order valence-corrected chi connectivity index (χ2v) is 9.40. The molecule has 5 heterocycles. The summed E-state index contributed by atoms with van der Waals surface area (Å²) in [5, 5.41) is 9.47. The van der Waals surface area contributed by atoms with Gasteiger partial charge in [-0.1, -0.05) is 0 Å². The van der Waals surface area contributed by atoms with Crippen LogP contribution in [0.5, 0.6) is 0 Å². The number of aromatic nitrogens is 5. The highest BCUT2D eigenvalue weighted by Crippen LogP contribution is 2.58. The quantitative estimate of drug-likeness (QED) is 0.632. The van der Waals surface area contributed by atoms with Gasteiger partial charge in [0, 0.05) is 12.1 Å². The SMILES string of the molecule is Nc1ncnc2ncn(-c3ccc(N4C5CCC4CC4(CC(C(=O)O)C4)C5)nc3)c(=O)c12. The third kappa shape index (κ3) is 2.78. The summed E-state index contributed by atoms with van der Waals surface area (Å²) in [6.07, 6.45) is 10.3. The Morgan fingerprint density at radius 1 is 1.06 bits per heavy atom. The molecule has 1 aliphatic carbocycles. The molecular weight excluding hydrogens is 410 g/mol. The van der Waals surface area contributed by atoms with Gasteiger partial charge in [-0.2, -0.15) is 0 Å². The Labute approximate surface area is 183 Å². The first-order valence-corrected chi connectivity index (χ1v) is 10.9. The fourth-order valence-corrected chi connectivity index (χ4v) is 6.15. The van der Waals surface area contributed by atoms with Crippen LogP contribution in [0.2, 0.25) is 0 Å². The molecule has 2 unspecified atom stereocenters. The van der Waals surface area contributed by atoms with Crippen LogP contribution < -0.4 is 16.2 Å². The summed E-state index contributed by atoms with van der Waals surface area (Å²) < 4.78 is 1.40. The van der Waals surface area contributed by atoms with E-state index in [9.17, 15) is 14.7 Å². The van der Waals surface area contributed by atoms with Crippen molar-refractivity contribution in [2.75, 3.05) is 10.6 Å². The van der Waals surface area contributed by atoms with Crippen LogP contribution in [0.15, 0.2) is 35.8 Å². The van der Waals surface area contributed by atoms with E-state index >= 15 is 0 Å². The Morgan fingerprint density at radius 3 is 2.47 bits per heavy atom. The van der Waals surface area contributed by atoms with Crippen molar-refractivity contribution in [3.8, 4) is 5.69 Å². The van der Waals surface area contributed by atoms with Gasteiger partial charge in [-0.05, 0) is 56.1 Å². The van der Waals surface area contributed by atoms with E-state index < -0.39 is 5.97 Å². The lowest BCUT2D eigenvalue weighted by atomic mass is 9.56. The molecule has 2 saturated heterocycles. The van der Waals surface area contributed by atoms with E-state index in [2.05, 4.69) is 24.8 Å². The number of carboxylic acid groups (broad SMARTS) is 1. The second kappa shape index (κ2) is 6.72. The van der Waals surface area contributed by atoms with Gasteiger partial charge in [0.05, 0.1) is 17.8 Å². The monoisotopic (exact) mass is 433 g/mol. The molecule has 0 radical (unpaired) electrons. The maximum absolute atomic E-state index is 12.9. The molecule has 1 spiro atoms. The maximum Gasteiger partial charge on any atom is 0.306 e. The normalized spacial score (nSPS) is 28.8. The van der Waals surface area contributed by atoms with Crippen LogP contribution in [0.4, 0.5) is 11.6 Å². The predicted octanol–water partition coefficient (Wildman–Crippen LogP) is 1.77. The molecular formula is C22H23N7O3. The minimum absolute atomic E-state index is 0.103. The number of rotatable bonds is 3. The number of hydrogen-bond acceptors (Lipinski definition) is 8. The van der Waals surface area contributed by atoms with Crippen molar-refractivity contribution in [2.24, 2.45) is 11.3 Å². The number of nitrogens with two attached hydrogens (primary N) is 1. The van der Waals surface area contributed by atoms with E-state index in [0.717, 1.165) is 44.3 Å². The van der Waals surface area contributed by atoms with Crippen molar-refractivity contribution in [2.45, 2.75) is 50.6 Å². The molecule has 2 bridgehead atoms. The Kier molecular flexibility index (Phi) is 4.02. The number of pyridine rings is 1. The first-order chi connectivity index (χ1) is 15.4. The Hall–Kier alpha value is -3.56. The summed E-state index contributed by atoms with van der Waals surface area (Å²) in [6, 6.07) is 4.60. The van der Waals surface area contributed by atoms with Gasteiger partial charge < -0.3 is 15.7 Å². The lowest BCUT2D eigenvalue weighted by Gasteiger charge is -2.54. The Morgan fingerprint density at radius 2 is 1.81 bits per heavy atom. The van der Waals surface area contributed by atoms with E-state index in [1.54, 1.807) is 6.20 Å². The Bertz CT molecular complexity index is 1270. The molecule has 1 saturated carbocycles. The van der Waals surface area contributed by atoms with Crippen molar-refractivity contribution < 1.29 is 9.90 Å². The molecule has 3 N–H and O–H groups in total. The summed E-state index contributed by atoms with van der Waals surface area (Å²) in [5.74, 6) is 0.169. The fraction of sp³-hybridized carbons (Fsp3) is 0.455. The van der Waals surface area contributed by atoms with E-state index in [-0.39, 0.29) is 33.7 Å². The molecule has 3 aromatic heterocycles. The molecule has 32 heavy (non-hydrogen) atoms. The Balaban J connectivity index is 1.26. The molecule has 3 fully saturated rings. The van der Waals surface area contributed by atoms with Crippen LogP contribution in [0.3, 0.4) is 0 Å². The van der Waals surface area contributed by atoms with E-state index in [1.807, 2.05) is 12.1 Å². The largest absolute Gasteiger partial charge is 0.481 e. The van der Waals surface area contributed by atoms with Crippen molar-refractivity contribution in [3.63, 3.8) is 0 Å². The summed E-state index contributed by atoms with van der Waals surface area (Å²) in [6.45, 7) is 0. The van der Waals surface area contributed by atoms with Crippen LogP contribution in [0.1, 0.15) is 38.5 Å². The van der Waals surface area contributed by atoms with Crippen molar-refractivity contribution >= 4 is 28.6 Å². The van der Waals surface area contributed by atoms with Crippen molar-refractivity contribution in [1.82, 2.24) is 24.5 Å². The van der Waals surface area contributed by atoms with Gasteiger partial charge in [0.25, 0.3) is 5.56 Å². The van der Waals surface area contributed by atoms with Gasteiger partial charge in [0.1, 0.15) is 29.7 Å². The van der Waals surface area contributed by atoms with Crippen LogP contribution in [0, 0.1) is 11.3 Å². The van der Waals surface area contributed by atoms with Gasteiger partial charge in [-0.25, -0.2) is 19.9 Å². The van der Waals surface area contributed by atoms with Gasteiger partial charge in [-0.3, -0.25) is 14.2 Å². The highest BCUT2D eigenvalue weighted by Gasteiger charge is 2.55. The molecule has 164 valence electrons. The van der Waals surface area contributed by atoms with Gasteiger partial charge in [-0.15, -0.1) is 0 Å². The zero-order valence-electron chi connectivity index (χ0n) is 17.4. The third-order valence-corrected chi connectivity index (χ3v) is 7.52. The zero-order valence-corrected chi connectivity index (χ0v) is 17.4. The van der Waals surface area contributed by atoms with Gasteiger partial charge >= 0.3 is 5.97 Å². The van der Waals surface area contributed by atoms with E-state index in [4.69, 9.17) is 5.73 Å². The third-order valence-electron chi connectivity index (χ3n) is 7.52. The molecule has 2 aliphatic heterocycles. The summed E-state index contributed by atoms with van der Waals surface area (Å²) in [7, 11) is 0. The standard InChI is InChI=1S/C22H23N7O3/c23-18-17-19(26-10-25-18)27-11-28(20(17)30)15-3-4-16(24-9-15)29-13-1-2-14(29)8-22(7-13)5-12(6-22)21(31)32/h3-4,9-14H,1-2,5-8H2,(H,31,32)(H2,23,25,26). The number of nitrogens with zero attached hydrogens (tertiary/aromatic N) is 6. The number of anilines is 2. The summed E-state index contributed by atoms with van der Waals surface area (Å²) >= 11 is 0. The molecule has 10 nitrogen and oxygen atoms in total. The van der Waals surface area contributed by atoms with Crippen LogP contribution in [0.25, 0.3) is 16.7 Å². The lowest BCUT2D eigenvalue weighted by molar-refractivity contribution is -0.151. The number of carboxylic acids is 1. The summed E-state index contributed by atoms with van der Waals surface area (Å²) in [5.41, 5.74) is 6.59. The average molecular weight is 433 g/mol. The number of carbonyl (C=O) groups is 1. The van der Waals surface area contributed by atoms with Crippen LogP contribution in [-0.4, -0.2) is 47.7 Å². The first kappa shape index (κ1) is 19.1. The number of nitrogen functional groups attached to an aromatic ring is 1. The minimum Gasteiger partial charge on any atom is -0.481 e. The molecule has 2 atom stereocenters. The molecule has 0 amide bonds. The van der Waals surface area contributed by atoms with E-state index in [0.29, 0.717) is 17.8 Å². The van der Waals surface area contributed by atoms with Gasteiger partial charge in [0.2, 0.25) is 0 Å². The molecule has 10 heteroatoms. The predicted molar refractivity (Wildman–Crippen MR) is 116 cm³/mol. The zero-order chi connectivity index (χ0) is 22.0. The fourth-order valence-electron chi connectivity index (χ4n) is 6.15. The molecule has 0 aromatic carbocycles. The second-order valence-electron chi connectivity index (χ2n) is 9.40. The number of fused-ring (bicyclic) bond motifs is 3. The lowest BCUT2D eigenvalue weighted by Crippen LogP contribution is -2.54. The van der Waals surface area contributed by atoms with Crippen LogP contribution >= 0.6 is 0 Å². The number of piperidine rings is 1. The number of hydrogen-bond donors (Lipinski definition) is 2. The van der Waals surface area contributed by atoms with Gasteiger partial charge in [0.15, 0.2) is 5.65 Å². The molecule has 3 aliphatic rings. The highest BCUT2D eigenvalue weighted by molar-refractivity contribution is 5.83. The summed E-state index contributed by atoms with van der Waals surface area (Å²) in [4.78, 5) is 43.4.